The van der Waals surface area contributed by atoms with E-state index >= 15 is 0 Å². The van der Waals surface area contributed by atoms with Crippen molar-refractivity contribution in [1.82, 2.24) is 0 Å². The molecule has 3 nitrogen and oxygen atoms in total. The van der Waals surface area contributed by atoms with Crippen molar-refractivity contribution in [2.45, 2.75) is 31.5 Å². The second-order valence-corrected chi connectivity index (χ2v) is 5.35. The van der Waals surface area contributed by atoms with Gasteiger partial charge in [0.25, 0.3) is 0 Å². The van der Waals surface area contributed by atoms with Crippen molar-refractivity contribution in [2.24, 2.45) is 0 Å². The van der Waals surface area contributed by atoms with Crippen LogP contribution in [0.25, 0.3) is 0 Å². The molecule has 1 fully saturated rings. The lowest BCUT2D eigenvalue weighted by atomic mass is 9.92. The van der Waals surface area contributed by atoms with Gasteiger partial charge < -0.3 is 14.6 Å². The molecule has 1 unspecified atom stereocenters. The van der Waals surface area contributed by atoms with E-state index in [4.69, 9.17) is 9.47 Å². The number of aliphatic hydroxyl groups is 1. The molecular weight excluding hydrogens is 296 g/mol. The molecule has 0 spiro atoms. The van der Waals surface area contributed by atoms with Gasteiger partial charge >= 0.3 is 0 Å². The molecule has 0 aromatic heterocycles. The lowest BCUT2D eigenvalue weighted by molar-refractivity contribution is -0.234. The zero-order valence-corrected chi connectivity index (χ0v) is 12.2. The van der Waals surface area contributed by atoms with Gasteiger partial charge in [-0.1, -0.05) is 15.9 Å². The van der Waals surface area contributed by atoms with Gasteiger partial charge in [-0.2, -0.15) is 0 Å². The number of ether oxygens (including phenoxy) is 2. The van der Waals surface area contributed by atoms with Gasteiger partial charge in [-0.05, 0) is 43.0 Å². The first-order chi connectivity index (χ1) is 8.69. The van der Waals surface area contributed by atoms with Crippen molar-refractivity contribution in [3.05, 3.63) is 29.3 Å². The summed E-state index contributed by atoms with van der Waals surface area (Å²) in [5.41, 5.74) is 1.96. The number of aryl methyl sites for hydroxylation is 1. The highest BCUT2D eigenvalue weighted by Crippen LogP contribution is 2.36. The van der Waals surface area contributed by atoms with E-state index in [1.807, 2.05) is 18.2 Å². The number of halogens is 1. The fourth-order valence-corrected chi connectivity index (χ4v) is 2.81. The van der Waals surface area contributed by atoms with Crippen molar-refractivity contribution in [3.63, 3.8) is 0 Å². The first-order valence-corrected chi connectivity index (χ1v) is 7.41. The highest BCUT2D eigenvalue weighted by atomic mass is 79.9. The van der Waals surface area contributed by atoms with Crippen LogP contribution in [0.15, 0.2) is 18.2 Å². The molecule has 1 aromatic rings. The lowest BCUT2D eigenvalue weighted by Crippen LogP contribution is -2.34. The quantitative estimate of drug-likeness (QED) is 0.868. The Labute approximate surface area is 116 Å². The van der Waals surface area contributed by atoms with Gasteiger partial charge in [0.05, 0.1) is 13.7 Å². The van der Waals surface area contributed by atoms with Crippen molar-refractivity contribution < 1.29 is 14.6 Å². The summed E-state index contributed by atoms with van der Waals surface area (Å²) in [5.74, 6) is -0.309. The van der Waals surface area contributed by atoms with Crippen molar-refractivity contribution >= 4 is 15.9 Å². The average molecular weight is 315 g/mol. The predicted molar refractivity (Wildman–Crippen MR) is 74.2 cm³/mol. The number of hydrogen-bond donors (Lipinski definition) is 1. The topological polar surface area (TPSA) is 38.7 Å². The molecule has 1 aromatic carbocycles. The van der Waals surface area contributed by atoms with Gasteiger partial charge in [0, 0.05) is 17.3 Å². The summed E-state index contributed by atoms with van der Waals surface area (Å²) in [6.07, 6.45) is 3.52. The predicted octanol–water partition coefficient (Wildman–Crippen LogP) is 2.98. The zero-order chi connectivity index (χ0) is 13.0. The highest BCUT2D eigenvalue weighted by Gasteiger charge is 2.34. The van der Waals surface area contributed by atoms with Gasteiger partial charge in [-0.15, -0.1) is 0 Å². The molecule has 0 amide bonds. The Balaban J connectivity index is 2.35. The summed E-state index contributed by atoms with van der Waals surface area (Å²) in [6.45, 7) is 0.621. The van der Waals surface area contributed by atoms with E-state index in [-0.39, 0.29) is 0 Å². The van der Waals surface area contributed by atoms with Gasteiger partial charge in [-0.3, -0.25) is 0 Å². The third-order valence-corrected chi connectivity index (χ3v) is 3.74. The van der Waals surface area contributed by atoms with Crippen LogP contribution in [0.2, 0.25) is 0 Å². The van der Waals surface area contributed by atoms with Gasteiger partial charge in [0.1, 0.15) is 5.75 Å². The van der Waals surface area contributed by atoms with Gasteiger partial charge in [0.2, 0.25) is 0 Å². The van der Waals surface area contributed by atoms with Crippen LogP contribution in [0.3, 0.4) is 0 Å². The Kier molecular flexibility index (Phi) is 4.65. The summed E-state index contributed by atoms with van der Waals surface area (Å²) in [4.78, 5) is 0. The molecule has 0 radical (unpaired) electrons. The summed E-state index contributed by atoms with van der Waals surface area (Å²) >= 11 is 3.45. The van der Waals surface area contributed by atoms with Crippen LogP contribution in [-0.2, 0) is 16.9 Å². The normalized spacial score (nSPS) is 23.9. The van der Waals surface area contributed by atoms with Crippen LogP contribution in [0.1, 0.15) is 30.4 Å². The minimum absolute atomic E-state index is 0.621. The number of methoxy groups -OCH3 is 1. The fraction of sp³-hybridized carbons (Fsp3) is 0.571. The summed E-state index contributed by atoms with van der Waals surface area (Å²) in [5, 5.41) is 11.5. The standard InChI is InChI=1S/C14H19BrO3/c1-17-12-4-5-13(11(10-12)6-8-15)14(16)7-2-3-9-18-14/h4-5,10,16H,2-3,6-9H2,1H3. The van der Waals surface area contributed by atoms with E-state index < -0.39 is 5.79 Å². The van der Waals surface area contributed by atoms with Crippen LogP contribution >= 0.6 is 15.9 Å². The fourth-order valence-electron chi connectivity index (χ4n) is 2.38. The molecule has 1 saturated heterocycles. The molecule has 1 N–H and O–H groups in total. The zero-order valence-electron chi connectivity index (χ0n) is 10.6. The molecule has 1 aliphatic heterocycles. The van der Waals surface area contributed by atoms with Crippen LogP contribution in [0.4, 0.5) is 0 Å². The Morgan fingerprint density at radius 2 is 2.28 bits per heavy atom. The smallest absolute Gasteiger partial charge is 0.192 e. The SMILES string of the molecule is COc1ccc(C2(O)CCCCO2)c(CCBr)c1. The molecule has 0 saturated carbocycles. The van der Waals surface area contributed by atoms with Crippen molar-refractivity contribution in [1.29, 1.82) is 0 Å². The maximum atomic E-state index is 10.6. The first-order valence-electron chi connectivity index (χ1n) is 6.29. The molecule has 4 heteroatoms. The Morgan fingerprint density at radius 3 is 2.89 bits per heavy atom. The largest absolute Gasteiger partial charge is 0.497 e. The van der Waals surface area contributed by atoms with Gasteiger partial charge in [0.15, 0.2) is 5.79 Å². The maximum absolute atomic E-state index is 10.6. The van der Waals surface area contributed by atoms with Crippen LogP contribution in [-0.4, -0.2) is 24.2 Å². The second kappa shape index (κ2) is 6.04. The molecule has 0 aliphatic carbocycles. The molecular formula is C14H19BrO3. The number of rotatable bonds is 4. The molecule has 18 heavy (non-hydrogen) atoms. The Bertz CT molecular complexity index is 400. The highest BCUT2D eigenvalue weighted by molar-refractivity contribution is 9.09. The molecule has 100 valence electrons. The number of benzene rings is 1. The lowest BCUT2D eigenvalue weighted by Gasteiger charge is -2.34. The van der Waals surface area contributed by atoms with E-state index in [1.54, 1.807) is 7.11 Å². The van der Waals surface area contributed by atoms with E-state index in [9.17, 15) is 5.11 Å². The number of hydrogen-bond acceptors (Lipinski definition) is 3. The van der Waals surface area contributed by atoms with Crippen LogP contribution in [0.5, 0.6) is 5.75 Å². The minimum Gasteiger partial charge on any atom is -0.497 e. The second-order valence-electron chi connectivity index (χ2n) is 4.55. The molecule has 2 rings (SSSR count). The summed E-state index contributed by atoms with van der Waals surface area (Å²) in [6, 6.07) is 5.78. The van der Waals surface area contributed by atoms with Gasteiger partial charge in [-0.25, -0.2) is 0 Å². The number of alkyl halides is 1. The van der Waals surface area contributed by atoms with E-state index in [1.165, 1.54) is 0 Å². The third kappa shape index (κ3) is 2.87. The molecule has 1 aliphatic rings. The first kappa shape index (κ1) is 13.8. The van der Waals surface area contributed by atoms with Crippen molar-refractivity contribution in [3.8, 4) is 5.75 Å². The van der Waals surface area contributed by atoms with Crippen molar-refractivity contribution in [2.75, 3.05) is 19.0 Å². The van der Waals surface area contributed by atoms with Crippen LogP contribution in [0, 0.1) is 0 Å². The van der Waals surface area contributed by atoms with Crippen LogP contribution < -0.4 is 4.74 Å². The molecule has 1 atom stereocenters. The summed E-state index contributed by atoms with van der Waals surface area (Å²) < 4.78 is 10.9. The Hall–Kier alpha value is -0.580. The van der Waals surface area contributed by atoms with E-state index in [0.29, 0.717) is 13.0 Å². The maximum Gasteiger partial charge on any atom is 0.192 e. The van der Waals surface area contributed by atoms with E-state index in [2.05, 4.69) is 15.9 Å². The average Bonchev–Trinajstić information content (AvgIpc) is 2.39. The molecule has 1 heterocycles. The third-order valence-electron chi connectivity index (χ3n) is 3.35. The Morgan fingerprint density at radius 1 is 1.44 bits per heavy atom. The monoisotopic (exact) mass is 314 g/mol. The molecule has 0 bridgehead atoms. The summed E-state index contributed by atoms with van der Waals surface area (Å²) in [7, 11) is 1.65. The minimum atomic E-state index is -1.12. The van der Waals surface area contributed by atoms with E-state index in [0.717, 1.165) is 41.5 Å².